The maximum absolute atomic E-state index is 10.6. The molecule has 2 aromatic carbocycles. The average molecular weight is 286 g/mol. The molecule has 2 rings (SSSR count). The normalized spacial score (nSPS) is 9.95. The van der Waals surface area contributed by atoms with Crippen molar-refractivity contribution in [1.82, 2.24) is 0 Å². The van der Waals surface area contributed by atoms with Gasteiger partial charge >= 0.3 is 0 Å². The number of rotatable bonds is 7. The lowest BCUT2D eigenvalue weighted by Crippen LogP contribution is -2.19. The summed E-state index contributed by atoms with van der Waals surface area (Å²) in [5.41, 5.74) is 7.05. The SMILES string of the molecule is COc1ccccc1CNc1ccc(OCC(N)=O)cc1. The second-order valence-corrected chi connectivity index (χ2v) is 4.44. The minimum Gasteiger partial charge on any atom is -0.496 e. The summed E-state index contributed by atoms with van der Waals surface area (Å²) < 4.78 is 10.5. The van der Waals surface area contributed by atoms with Gasteiger partial charge in [-0.15, -0.1) is 0 Å². The van der Waals surface area contributed by atoms with E-state index in [0.29, 0.717) is 12.3 Å². The van der Waals surface area contributed by atoms with Crippen molar-refractivity contribution in [1.29, 1.82) is 0 Å². The van der Waals surface area contributed by atoms with Crippen LogP contribution in [0.2, 0.25) is 0 Å². The number of carbonyl (C=O) groups is 1. The second kappa shape index (κ2) is 7.19. The van der Waals surface area contributed by atoms with Crippen molar-refractivity contribution in [2.24, 2.45) is 5.73 Å². The van der Waals surface area contributed by atoms with E-state index in [4.69, 9.17) is 15.2 Å². The Kier molecular flexibility index (Phi) is 5.04. The molecule has 0 aliphatic carbocycles. The van der Waals surface area contributed by atoms with Crippen molar-refractivity contribution in [3.05, 3.63) is 54.1 Å². The molecular weight excluding hydrogens is 268 g/mol. The largest absolute Gasteiger partial charge is 0.496 e. The summed E-state index contributed by atoms with van der Waals surface area (Å²) in [4.78, 5) is 10.6. The van der Waals surface area contributed by atoms with Crippen LogP contribution < -0.4 is 20.5 Å². The third-order valence-electron chi connectivity index (χ3n) is 2.91. The summed E-state index contributed by atoms with van der Waals surface area (Å²) in [5.74, 6) is 0.969. The molecule has 0 aliphatic heterocycles. The van der Waals surface area contributed by atoms with Crippen LogP contribution in [0.4, 0.5) is 5.69 Å². The zero-order valence-corrected chi connectivity index (χ0v) is 11.8. The number of para-hydroxylation sites is 1. The van der Waals surface area contributed by atoms with E-state index in [-0.39, 0.29) is 6.61 Å². The molecule has 0 heterocycles. The maximum atomic E-state index is 10.6. The average Bonchev–Trinajstić information content (AvgIpc) is 2.52. The van der Waals surface area contributed by atoms with Crippen molar-refractivity contribution < 1.29 is 14.3 Å². The van der Waals surface area contributed by atoms with Crippen LogP contribution in [0.15, 0.2) is 48.5 Å². The van der Waals surface area contributed by atoms with E-state index in [1.54, 1.807) is 19.2 Å². The first-order valence-electron chi connectivity index (χ1n) is 6.56. The Morgan fingerprint density at radius 1 is 1.14 bits per heavy atom. The highest BCUT2D eigenvalue weighted by atomic mass is 16.5. The van der Waals surface area contributed by atoms with Gasteiger partial charge in [0.1, 0.15) is 11.5 Å². The number of nitrogens with two attached hydrogens (primary N) is 1. The third-order valence-corrected chi connectivity index (χ3v) is 2.91. The predicted octanol–water partition coefficient (Wildman–Crippen LogP) is 2.17. The van der Waals surface area contributed by atoms with E-state index in [0.717, 1.165) is 17.0 Å². The molecule has 0 bridgehead atoms. The minimum atomic E-state index is -0.492. The number of carbonyl (C=O) groups excluding carboxylic acids is 1. The molecule has 21 heavy (non-hydrogen) atoms. The summed E-state index contributed by atoms with van der Waals surface area (Å²) in [6, 6.07) is 15.2. The molecule has 3 N–H and O–H groups in total. The molecule has 5 nitrogen and oxygen atoms in total. The highest BCUT2D eigenvalue weighted by molar-refractivity contribution is 5.75. The van der Waals surface area contributed by atoms with Crippen molar-refractivity contribution in [2.45, 2.75) is 6.54 Å². The van der Waals surface area contributed by atoms with Crippen LogP contribution in [0.25, 0.3) is 0 Å². The summed E-state index contributed by atoms with van der Waals surface area (Å²) in [6.07, 6.45) is 0. The van der Waals surface area contributed by atoms with Crippen LogP contribution in [0.5, 0.6) is 11.5 Å². The van der Waals surface area contributed by atoms with Crippen LogP contribution in [0.1, 0.15) is 5.56 Å². The van der Waals surface area contributed by atoms with Crippen molar-refractivity contribution in [3.8, 4) is 11.5 Å². The van der Waals surface area contributed by atoms with E-state index < -0.39 is 5.91 Å². The van der Waals surface area contributed by atoms with E-state index in [2.05, 4.69) is 5.32 Å². The molecule has 1 amide bonds. The van der Waals surface area contributed by atoms with Gasteiger partial charge in [-0.3, -0.25) is 4.79 Å². The fourth-order valence-corrected chi connectivity index (χ4v) is 1.87. The Bertz CT molecular complexity index is 597. The molecule has 0 spiro atoms. The van der Waals surface area contributed by atoms with E-state index >= 15 is 0 Å². The van der Waals surface area contributed by atoms with E-state index in [9.17, 15) is 4.79 Å². The molecule has 0 saturated carbocycles. The molecule has 110 valence electrons. The Hall–Kier alpha value is -2.69. The van der Waals surface area contributed by atoms with Crippen molar-refractivity contribution in [3.63, 3.8) is 0 Å². The summed E-state index contributed by atoms with van der Waals surface area (Å²) in [7, 11) is 1.66. The van der Waals surface area contributed by atoms with Gasteiger partial charge in [-0.1, -0.05) is 18.2 Å². The van der Waals surface area contributed by atoms with Crippen LogP contribution >= 0.6 is 0 Å². The molecular formula is C16H18N2O3. The van der Waals surface area contributed by atoms with Gasteiger partial charge in [0.15, 0.2) is 6.61 Å². The van der Waals surface area contributed by atoms with Gasteiger partial charge in [-0.25, -0.2) is 0 Å². The number of hydrogen-bond acceptors (Lipinski definition) is 4. The fourth-order valence-electron chi connectivity index (χ4n) is 1.87. The number of ether oxygens (including phenoxy) is 2. The Labute approximate surface area is 123 Å². The molecule has 0 fully saturated rings. The smallest absolute Gasteiger partial charge is 0.255 e. The maximum Gasteiger partial charge on any atom is 0.255 e. The van der Waals surface area contributed by atoms with E-state index in [1.807, 2.05) is 36.4 Å². The minimum absolute atomic E-state index is 0.117. The standard InChI is InChI=1S/C16H18N2O3/c1-20-15-5-3-2-4-12(15)10-18-13-6-8-14(9-7-13)21-11-16(17)19/h2-9,18H,10-11H2,1H3,(H2,17,19). The fraction of sp³-hybridized carbons (Fsp3) is 0.188. The first-order chi connectivity index (χ1) is 10.2. The lowest BCUT2D eigenvalue weighted by atomic mass is 10.2. The first kappa shape index (κ1) is 14.7. The number of nitrogens with one attached hydrogen (secondary N) is 1. The lowest BCUT2D eigenvalue weighted by Gasteiger charge is -2.11. The number of amides is 1. The Morgan fingerprint density at radius 2 is 1.86 bits per heavy atom. The third kappa shape index (κ3) is 4.42. The Balaban J connectivity index is 1.93. The van der Waals surface area contributed by atoms with Crippen LogP contribution in [-0.4, -0.2) is 19.6 Å². The van der Waals surface area contributed by atoms with Crippen LogP contribution in [-0.2, 0) is 11.3 Å². The molecule has 0 atom stereocenters. The zero-order valence-electron chi connectivity index (χ0n) is 11.8. The Morgan fingerprint density at radius 3 is 2.52 bits per heavy atom. The van der Waals surface area contributed by atoms with Gasteiger partial charge in [0.25, 0.3) is 5.91 Å². The van der Waals surface area contributed by atoms with E-state index in [1.165, 1.54) is 0 Å². The predicted molar refractivity (Wildman–Crippen MR) is 81.5 cm³/mol. The van der Waals surface area contributed by atoms with Gasteiger partial charge in [-0.2, -0.15) is 0 Å². The highest BCUT2D eigenvalue weighted by Crippen LogP contribution is 2.20. The van der Waals surface area contributed by atoms with Crippen molar-refractivity contribution >= 4 is 11.6 Å². The monoisotopic (exact) mass is 286 g/mol. The molecule has 0 radical (unpaired) electrons. The molecule has 0 unspecified atom stereocenters. The number of benzene rings is 2. The highest BCUT2D eigenvalue weighted by Gasteiger charge is 2.02. The number of primary amides is 1. The van der Waals surface area contributed by atoms with Crippen LogP contribution in [0.3, 0.4) is 0 Å². The van der Waals surface area contributed by atoms with Crippen molar-refractivity contribution in [2.75, 3.05) is 19.0 Å². The summed E-state index contributed by atoms with van der Waals surface area (Å²) in [5, 5.41) is 3.30. The first-order valence-corrected chi connectivity index (χ1v) is 6.56. The molecule has 0 aliphatic rings. The zero-order chi connectivity index (χ0) is 15.1. The quantitative estimate of drug-likeness (QED) is 0.818. The summed E-state index contributed by atoms with van der Waals surface area (Å²) in [6.45, 7) is 0.541. The number of anilines is 1. The molecule has 0 aromatic heterocycles. The van der Waals surface area contributed by atoms with Gasteiger partial charge in [0.2, 0.25) is 0 Å². The number of methoxy groups -OCH3 is 1. The van der Waals surface area contributed by atoms with Gasteiger partial charge in [0, 0.05) is 17.8 Å². The van der Waals surface area contributed by atoms with Gasteiger partial charge in [0.05, 0.1) is 7.11 Å². The number of hydrogen-bond donors (Lipinski definition) is 2. The molecule has 0 saturated heterocycles. The topological polar surface area (TPSA) is 73.6 Å². The molecule has 2 aromatic rings. The van der Waals surface area contributed by atoms with Crippen LogP contribution in [0, 0.1) is 0 Å². The lowest BCUT2D eigenvalue weighted by molar-refractivity contribution is -0.119. The second-order valence-electron chi connectivity index (χ2n) is 4.44. The van der Waals surface area contributed by atoms with Gasteiger partial charge in [-0.05, 0) is 30.3 Å². The summed E-state index contributed by atoms with van der Waals surface area (Å²) >= 11 is 0. The molecule has 5 heteroatoms. The van der Waals surface area contributed by atoms with Gasteiger partial charge < -0.3 is 20.5 Å².